The second-order valence-corrected chi connectivity index (χ2v) is 37.2. The number of rotatable bonds is 15. The van der Waals surface area contributed by atoms with Crippen LogP contribution in [0, 0.1) is 75.6 Å². The summed E-state index contributed by atoms with van der Waals surface area (Å²) in [5, 5.41) is 53.7. The van der Waals surface area contributed by atoms with Crippen molar-refractivity contribution in [1.29, 1.82) is 0 Å². The molecule has 5 N–H and O–H groups in total. The van der Waals surface area contributed by atoms with E-state index < -0.39 is 48.1 Å². The number of fused-ring (bicyclic) bond motifs is 15. The van der Waals surface area contributed by atoms with E-state index in [1.807, 2.05) is 22.8 Å². The summed E-state index contributed by atoms with van der Waals surface area (Å²) in [7, 11) is 0. The lowest BCUT2D eigenvalue weighted by Gasteiger charge is -2.37. The third-order valence-electron chi connectivity index (χ3n) is 28.0. The van der Waals surface area contributed by atoms with Gasteiger partial charge in [0.1, 0.15) is 0 Å². The second-order valence-electron chi connectivity index (χ2n) is 37.2. The normalized spacial score (nSPS) is 23.2. The second kappa shape index (κ2) is 33.9. The first-order valence-corrected chi connectivity index (χ1v) is 42.6. The number of imidazole rings is 5. The van der Waals surface area contributed by atoms with Gasteiger partial charge in [0.2, 0.25) is 29.7 Å². The van der Waals surface area contributed by atoms with Crippen LogP contribution in [0.3, 0.4) is 0 Å². The van der Waals surface area contributed by atoms with Gasteiger partial charge in [-0.3, -0.25) is 0 Å². The molecule has 20 rings (SSSR count). The van der Waals surface area contributed by atoms with Crippen LogP contribution in [0.2, 0.25) is 0 Å². The molecule has 10 aliphatic rings. The maximum absolute atomic E-state index is 13.6. The van der Waals surface area contributed by atoms with Crippen LogP contribution < -0.4 is 0 Å². The Balaban J connectivity index is 0.000000109. The number of halogens is 5. The van der Waals surface area contributed by atoms with Crippen molar-refractivity contribution in [2.45, 2.75) is 276 Å². The summed E-state index contributed by atoms with van der Waals surface area (Å²) >= 11 is 0. The Hall–Kier alpha value is -8.75. The van der Waals surface area contributed by atoms with Gasteiger partial charge in [0.15, 0.2) is 0 Å². The fraction of sp³-hybridized carbons (Fsp3) is 0.560. The van der Waals surface area contributed by atoms with Gasteiger partial charge in [0.25, 0.3) is 0 Å². The van der Waals surface area contributed by atoms with Crippen LogP contribution in [-0.4, -0.2) is 129 Å². The average Bonchev–Trinajstić information content (AvgIpc) is 1.62. The molecule has 0 bridgehead atoms. The topological polar surface area (TPSA) is 255 Å². The van der Waals surface area contributed by atoms with E-state index in [1.54, 1.807) is 93.2 Å². The standard InChI is InChI=1S/3C19H24FN3O.2C17H20FN3O/c3*1-19(2)7-5-12(6-8-19)16(24)9-14-18-13(3-4-17(20)22-18)15-10-21-11-23(14)15;2*18-17-6-12-13(8-20-17)15-9-19-10-21(15)14(12)7-16(22)11-4-2-1-3-5-11/h3*3-4,10-12,14,16,24H,5-9H2,1-2H3;2*6,8-11,14,16,22H,1-5,7H2. The van der Waals surface area contributed by atoms with Gasteiger partial charge < -0.3 is 48.4 Å². The highest BCUT2D eigenvalue weighted by atomic mass is 19.1. The first-order chi connectivity index (χ1) is 55.8. The van der Waals surface area contributed by atoms with E-state index in [0.29, 0.717) is 77.9 Å². The minimum atomic E-state index is -0.466. The van der Waals surface area contributed by atoms with E-state index in [1.165, 1.54) is 68.9 Å². The zero-order valence-corrected chi connectivity index (χ0v) is 67.6. The van der Waals surface area contributed by atoms with Gasteiger partial charge in [-0.25, -0.2) is 49.8 Å². The SMILES string of the molecule is CC1(C)CCC(C(O)CC2c3nc(F)ccc3-c3cncn32)CC1.CC1(C)CCC(C(O)CC2c3nc(F)ccc3-c3cncn32)CC1.CC1(C)CCC(C(O)CC2c3nc(F)ccc3-c3cncn32)CC1.OC(CC1c2cc(F)ncc2-c2cncn21)C1CCCCC1.OC(CC1c2cc(F)ncc2-c2cncn21)C1CCCCC1. The summed E-state index contributed by atoms with van der Waals surface area (Å²) in [6.45, 7) is 13.8. The molecule has 10 aromatic heterocycles. The molecule has 5 fully saturated rings. The zero-order chi connectivity index (χ0) is 80.9. The van der Waals surface area contributed by atoms with Crippen molar-refractivity contribution in [3.8, 4) is 56.3 Å². The van der Waals surface area contributed by atoms with Crippen molar-refractivity contribution in [3.63, 3.8) is 0 Å². The third kappa shape index (κ3) is 17.2. The van der Waals surface area contributed by atoms with Gasteiger partial charge in [0, 0.05) is 59.5 Å². The molecule has 10 aromatic rings. The Morgan fingerprint density at radius 2 is 0.552 bits per heavy atom. The molecule has 15 heterocycles. The first kappa shape index (κ1) is 81.0. The smallest absolute Gasteiger partial charge is 0.213 e. The molecule has 116 heavy (non-hydrogen) atoms. The maximum atomic E-state index is 13.6. The van der Waals surface area contributed by atoms with Gasteiger partial charge in [-0.2, -0.15) is 22.0 Å². The van der Waals surface area contributed by atoms with Crippen molar-refractivity contribution < 1.29 is 47.5 Å². The van der Waals surface area contributed by atoms with Crippen molar-refractivity contribution >= 4 is 0 Å². The van der Waals surface area contributed by atoms with Crippen LogP contribution in [0.4, 0.5) is 22.0 Å². The highest BCUT2D eigenvalue weighted by molar-refractivity contribution is 5.71. The lowest BCUT2D eigenvalue weighted by Crippen LogP contribution is -2.31. The summed E-state index contributed by atoms with van der Waals surface area (Å²) in [6.07, 6.45) is 47.0. The highest BCUT2D eigenvalue weighted by Crippen LogP contribution is 2.51. The van der Waals surface area contributed by atoms with Crippen LogP contribution in [0.15, 0.2) is 124 Å². The van der Waals surface area contributed by atoms with Crippen LogP contribution in [0.25, 0.3) is 56.3 Å². The first-order valence-electron chi connectivity index (χ1n) is 42.6. The monoisotopic (exact) mass is 1590 g/mol. The molecule has 5 saturated carbocycles. The highest BCUT2D eigenvalue weighted by Gasteiger charge is 2.42. The molecule has 25 heteroatoms. The lowest BCUT2D eigenvalue weighted by molar-refractivity contribution is 0.0444. The Bertz CT molecular complexity index is 4610. The van der Waals surface area contributed by atoms with Crippen LogP contribution in [-0.2, 0) is 0 Å². The number of hydrogen-bond donors (Lipinski definition) is 5. The zero-order valence-electron chi connectivity index (χ0n) is 67.6. The minimum Gasteiger partial charge on any atom is -0.393 e. The Kier molecular flexibility index (Phi) is 23.7. The Labute approximate surface area is 676 Å². The molecule has 0 saturated heterocycles. The quantitative estimate of drug-likeness (QED) is 0.0472. The van der Waals surface area contributed by atoms with Crippen molar-refractivity contribution in [1.82, 2.24) is 72.7 Å². The Morgan fingerprint density at radius 3 is 0.828 bits per heavy atom. The van der Waals surface area contributed by atoms with Crippen LogP contribution in [0.5, 0.6) is 0 Å². The number of nitrogens with zero attached hydrogens (tertiary/aromatic N) is 15. The molecule has 0 aromatic carbocycles. The number of pyridine rings is 5. The van der Waals surface area contributed by atoms with Gasteiger partial charge in [-0.1, -0.05) is 80.1 Å². The number of aromatic nitrogens is 15. The molecule has 10 unspecified atom stereocenters. The molecule has 0 spiro atoms. The van der Waals surface area contributed by atoms with E-state index in [9.17, 15) is 47.5 Å². The number of hydrogen-bond acceptors (Lipinski definition) is 15. The van der Waals surface area contributed by atoms with E-state index >= 15 is 0 Å². The molecule has 5 aliphatic heterocycles. The molecule has 616 valence electrons. The van der Waals surface area contributed by atoms with Crippen LogP contribution in [0.1, 0.15) is 273 Å². The predicted molar refractivity (Wildman–Crippen MR) is 431 cm³/mol. The number of aliphatic hydroxyl groups excluding tert-OH is 5. The third-order valence-corrected chi connectivity index (χ3v) is 28.0. The van der Waals surface area contributed by atoms with Gasteiger partial charge in [-0.15, -0.1) is 0 Å². The molecule has 20 nitrogen and oxygen atoms in total. The van der Waals surface area contributed by atoms with Gasteiger partial charge >= 0.3 is 0 Å². The van der Waals surface area contributed by atoms with Gasteiger partial charge in [-0.05, 0) is 221 Å². The Morgan fingerprint density at radius 1 is 0.310 bits per heavy atom. The van der Waals surface area contributed by atoms with Crippen molar-refractivity contribution in [2.75, 3.05) is 0 Å². The van der Waals surface area contributed by atoms with Gasteiger partial charge in [0.05, 0.1) is 169 Å². The van der Waals surface area contributed by atoms with Crippen molar-refractivity contribution in [2.24, 2.45) is 45.8 Å². The fourth-order valence-electron chi connectivity index (χ4n) is 20.9. The molecular weight excluding hydrogens is 1480 g/mol. The molecular formula is C91H112F5N15O5. The largest absolute Gasteiger partial charge is 0.393 e. The molecule has 5 aliphatic carbocycles. The average molecular weight is 1590 g/mol. The lowest BCUT2D eigenvalue weighted by atomic mass is 9.71. The summed E-state index contributed by atoms with van der Waals surface area (Å²) in [5.74, 6) is -0.617. The van der Waals surface area contributed by atoms with Crippen LogP contribution >= 0.6 is 0 Å². The summed E-state index contributed by atoms with van der Waals surface area (Å²) in [6, 6.07) is 12.0. The fourth-order valence-corrected chi connectivity index (χ4v) is 20.9. The molecule has 10 atom stereocenters. The van der Waals surface area contributed by atoms with E-state index in [4.69, 9.17) is 0 Å². The maximum Gasteiger partial charge on any atom is 0.213 e. The van der Waals surface area contributed by atoms with Crippen molar-refractivity contribution in [3.05, 3.63) is 181 Å². The summed E-state index contributed by atoms with van der Waals surface area (Å²) in [5.41, 5.74) is 14.6. The summed E-state index contributed by atoms with van der Waals surface area (Å²) < 4.78 is 78.2. The van der Waals surface area contributed by atoms with E-state index in [2.05, 4.69) is 91.4 Å². The van der Waals surface area contributed by atoms with E-state index in [0.717, 1.165) is 187 Å². The number of aliphatic hydroxyl groups is 5. The predicted octanol–water partition coefficient (Wildman–Crippen LogP) is 18.5. The summed E-state index contributed by atoms with van der Waals surface area (Å²) in [4.78, 5) is 40.9. The molecule has 0 radical (unpaired) electrons. The minimum absolute atomic E-state index is 0.0399. The molecule has 0 amide bonds. The van der Waals surface area contributed by atoms with E-state index in [-0.39, 0.29) is 42.4 Å².